The summed E-state index contributed by atoms with van der Waals surface area (Å²) in [6.45, 7) is 23.9. The minimum atomic E-state index is -0.429. The monoisotopic (exact) mass is 2050 g/mol. The Morgan fingerprint density at radius 3 is 0.918 bits per heavy atom. The van der Waals surface area contributed by atoms with E-state index in [-0.39, 0.29) is 240 Å². The number of para-hydroxylation sites is 2. The molecule has 147 heavy (non-hydrogen) atoms. The molecule has 0 saturated carbocycles. The number of H-pyrrole nitrogens is 6. The fourth-order valence-corrected chi connectivity index (χ4v) is 12.0. The van der Waals surface area contributed by atoms with Crippen molar-refractivity contribution in [3.8, 4) is 11.5 Å². The number of hydrogen-bond donors (Lipinski definition) is 18. The minimum Gasteiger partial charge on any atom is -0.494 e. The second kappa shape index (κ2) is 73.5. The maximum absolute atomic E-state index is 12.1. The van der Waals surface area contributed by atoms with Crippen molar-refractivity contribution < 1.29 is 101 Å². The highest BCUT2D eigenvalue weighted by Crippen LogP contribution is 2.16. The molecule has 8 aromatic rings. The zero-order valence-corrected chi connectivity index (χ0v) is 87.0. The van der Waals surface area contributed by atoms with Gasteiger partial charge in [0.15, 0.2) is 69.6 Å². The molecule has 6 aromatic heterocycles. The summed E-state index contributed by atoms with van der Waals surface area (Å²) in [5.41, 5.74) is 2.53. The molecule has 0 aliphatic heterocycles. The maximum atomic E-state index is 12.1. The van der Waals surface area contributed by atoms with Crippen LogP contribution in [-0.4, -0.2) is 273 Å². The van der Waals surface area contributed by atoms with Gasteiger partial charge in [-0.1, -0.05) is 141 Å². The molecule has 0 saturated heterocycles. The van der Waals surface area contributed by atoms with Crippen molar-refractivity contribution in [1.29, 1.82) is 0 Å². The molecule has 8 rings (SSSR count). The van der Waals surface area contributed by atoms with Crippen molar-refractivity contribution in [2.45, 2.75) is 197 Å². The number of Topliss-reactive ketones (excluding diaryl/α,β-unsaturated/α-hetero) is 6. The number of ketones is 6. The lowest BCUT2D eigenvalue weighted by Crippen LogP contribution is -2.29. The Morgan fingerprint density at radius 2 is 0.619 bits per heavy atom. The normalized spacial score (nSPS) is 10.9. The van der Waals surface area contributed by atoms with Crippen molar-refractivity contribution >= 4 is 106 Å². The Balaban J connectivity index is 0.000000453. The SMILES string of the molecule is CCC(C)CCNC(=O)c1ncc(C(=O)CCC(=O)NC)[nH]1.CNC(=O)CCC(=O)c1cnc(C(=O)NC/C=C(\C)C/C=C/C(C)C)[nH]1.CNC(=O)CCC(=O)c1cnc(C(=O)NCCCCCC(C)C)[nH]1.CNC(=O)CCC(=O)c1cnc(C(=O)NCCCOCC(C)C)[nH]1.CNC(=O)CCC(=O)c1cnc(C(=O)NCCCOc2ccccc2)[nH]1.CNC(=O)CCC(=O)c1cnc(C(=O)NCCOc2ccccc2)[nH]1. The van der Waals surface area contributed by atoms with Crippen molar-refractivity contribution in [2.24, 2.45) is 23.7 Å². The van der Waals surface area contributed by atoms with Crippen LogP contribution in [0.5, 0.6) is 11.5 Å². The summed E-state index contributed by atoms with van der Waals surface area (Å²) in [4.78, 5) is 250. The van der Waals surface area contributed by atoms with Crippen LogP contribution in [0.25, 0.3) is 0 Å². The molecule has 0 fully saturated rings. The number of carbonyl (C=O) groups excluding carboxylic acids is 18. The standard InChI is InChI=1S/C19H28N4O3.C18H22N4O4.C17H20N4O4.C17H28N4O3.C16H26N4O4.C15H24N4O3/c1-13(2)6-5-7-14(3)10-11-21-19(26)18-22-12-15(23-18)16(24)8-9-17(25)20-4;1-19-16(24)9-8-15(23)14-12-21-17(22-14)18(25)20-10-5-11-26-13-6-3-2-4-7-13;1-18-15(23)8-7-14(22)13-11-20-16(21-13)17(24)19-9-10-25-12-5-3-2-4-6-12;1-12(2)7-5-4-6-10-19-17(24)16-20-11-13(21-16)14(22)8-9-15(23)18-3;1-11(2)10-24-8-4-7-18-16(23)15-19-9-12(20-15)13(21)5-6-14(22)17-3;1-4-10(2)7-8-17-15(22)14-18-9-11(19-14)12(20)5-6-13(21)16-3/h5-6,10,12-13H,7-9,11H2,1-4H3,(H,20,25)(H,21,26)(H,22,23);2-4,6-7,12H,5,8-11H2,1H3,(H,19,24)(H,20,25)(H,21,22);2-6,11H,7-10H2,1H3,(H,18,23)(H,19,24)(H,20,21);11-12H,4-10H2,1-3H3,(H,18,23)(H,19,24)(H,20,21);9,11H,4-8,10H2,1-3H3,(H,17,22)(H,18,23)(H,19,20);9-10H,4-8H2,1-3H3,(H,16,21)(H,17,22)(H,18,19)/b6-5+,14-10+;;;;;. The molecule has 0 aliphatic rings. The van der Waals surface area contributed by atoms with E-state index in [2.05, 4.69) is 191 Å². The van der Waals surface area contributed by atoms with Gasteiger partial charge in [-0.25, -0.2) is 29.9 Å². The lowest BCUT2D eigenvalue weighted by Gasteiger charge is -2.08. The van der Waals surface area contributed by atoms with Crippen LogP contribution >= 0.6 is 0 Å². The molecule has 45 nitrogen and oxygen atoms in total. The van der Waals surface area contributed by atoms with Gasteiger partial charge in [0.1, 0.15) is 52.3 Å². The first-order valence-corrected chi connectivity index (χ1v) is 49.1. The zero-order valence-electron chi connectivity index (χ0n) is 87.0. The zero-order chi connectivity index (χ0) is 109. The van der Waals surface area contributed by atoms with Crippen LogP contribution in [0.4, 0.5) is 0 Å². The number of rotatable bonds is 60. The van der Waals surface area contributed by atoms with Gasteiger partial charge in [-0.15, -0.1) is 0 Å². The number of aromatic nitrogens is 12. The van der Waals surface area contributed by atoms with E-state index in [1.165, 1.54) is 85.9 Å². The average Bonchev–Trinajstić information content (AvgIpc) is 1.76. The number of aromatic amines is 6. The summed E-state index contributed by atoms with van der Waals surface area (Å²) in [7, 11) is 9.09. The van der Waals surface area contributed by atoms with Gasteiger partial charge in [0.05, 0.1) is 50.3 Å². The van der Waals surface area contributed by atoms with Crippen molar-refractivity contribution in [1.82, 2.24) is 124 Å². The number of benzene rings is 2. The second-order valence-corrected chi connectivity index (χ2v) is 34.4. The summed E-state index contributed by atoms with van der Waals surface area (Å²) in [5, 5.41) is 31.1. The van der Waals surface area contributed by atoms with Gasteiger partial charge < -0.3 is 108 Å². The number of amides is 12. The van der Waals surface area contributed by atoms with Crippen molar-refractivity contribution in [3.05, 3.63) is 191 Å². The Hall–Kier alpha value is -15.6. The molecule has 0 radical (unpaired) electrons. The average molecular weight is 2050 g/mol. The minimum absolute atomic E-state index is 0.0444. The van der Waals surface area contributed by atoms with Gasteiger partial charge in [0, 0.05) is 165 Å². The van der Waals surface area contributed by atoms with Gasteiger partial charge in [0.2, 0.25) is 35.4 Å². The van der Waals surface area contributed by atoms with E-state index >= 15 is 0 Å². The van der Waals surface area contributed by atoms with E-state index < -0.39 is 11.8 Å². The smallest absolute Gasteiger partial charge is 0.287 e. The molecule has 1 atom stereocenters. The van der Waals surface area contributed by atoms with Crippen LogP contribution in [0.2, 0.25) is 0 Å². The lowest BCUT2D eigenvalue weighted by molar-refractivity contribution is -0.121. The summed E-state index contributed by atoms with van der Waals surface area (Å²) in [6, 6.07) is 18.7. The molecule has 0 aliphatic carbocycles. The Morgan fingerprint density at radius 1 is 0.327 bits per heavy atom. The van der Waals surface area contributed by atoms with Gasteiger partial charge in [-0.3, -0.25) is 86.3 Å². The highest BCUT2D eigenvalue weighted by atomic mass is 16.5. The molecular weight excluding hydrogens is 1900 g/mol. The molecule has 0 bridgehead atoms. The third kappa shape index (κ3) is 55.2. The first-order chi connectivity index (χ1) is 70.4. The van der Waals surface area contributed by atoms with Crippen LogP contribution in [0, 0.1) is 23.7 Å². The fraction of sp³-hybridized carbons (Fsp3) is 0.490. The topological polar surface area (TPSA) is 651 Å². The molecular formula is C102H148N24O21. The predicted molar refractivity (Wildman–Crippen MR) is 550 cm³/mol. The summed E-state index contributed by atoms with van der Waals surface area (Å²) in [5.74, 6) is -0.688. The first kappa shape index (κ1) is 126. The third-order valence-electron chi connectivity index (χ3n) is 21.0. The number of nitrogens with zero attached hydrogens (tertiary/aromatic N) is 6. The van der Waals surface area contributed by atoms with Crippen LogP contribution in [0.1, 0.15) is 324 Å². The molecule has 45 heteroatoms. The highest BCUT2D eigenvalue weighted by Gasteiger charge is 2.23. The first-order valence-electron chi connectivity index (χ1n) is 49.1. The van der Waals surface area contributed by atoms with E-state index in [1.54, 1.807) is 0 Å². The number of ether oxygens (including phenoxy) is 3. The van der Waals surface area contributed by atoms with Gasteiger partial charge in [0.25, 0.3) is 35.4 Å². The van der Waals surface area contributed by atoms with E-state index in [1.807, 2.05) is 73.7 Å². The molecule has 802 valence electrons. The lowest BCUT2D eigenvalue weighted by atomic mass is 10.1. The Labute approximate surface area is 856 Å². The number of nitrogens with one attached hydrogen (secondary N) is 18. The van der Waals surface area contributed by atoms with Gasteiger partial charge >= 0.3 is 0 Å². The third-order valence-corrected chi connectivity index (χ3v) is 21.0. The van der Waals surface area contributed by atoms with Gasteiger partial charge in [-0.2, -0.15) is 0 Å². The fourth-order valence-electron chi connectivity index (χ4n) is 12.0. The number of allylic oxidation sites excluding steroid dienone is 3. The summed E-state index contributed by atoms with van der Waals surface area (Å²) >= 11 is 0. The van der Waals surface area contributed by atoms with E-state index in [4.69, 9.17) is 14.2 Å². The van der Waals surface area contributed by atoms with E-state index in [0.717, 1.165) is 55.6 Å². The molecule has 0 spiro atoms. The molecule has 2 aromatic carbocycles. The number of carbonyl (C=O) groups is 18. The molecule has 18 N–H and O–H groups in total. The predicted octanol–water partition coefficient (Wildman–Crippen LogP) is 8.90. The highest BCUT2D eigenvalue weighted by molar-refractivity contribution is 6.03. The Kier molecular flexibility index (Phi) is 62.7. The number of imidazole rings is 6. The van der Waals surface area contributed by atoms with E-state index in [0.29, 0.717) is 102 Å². The summed E-state index contributed by atoms with van der Waals surface area (Å²) in [6.07, 6.45) is 23.7. The molecule has 1 unspecified atom stereocenters. The second-order valence-electron chi connectivity index (χ2n) is 34.4. The quantitative estimate of drug-likeness (QED) is 0.00960. The van der Waals surface area contributed by atoms with Crippen LogP contribution < -0.4 is 73.3 Å². The van der Waals surface area contributed by atoms with E-state index in [9.17, 15) is 86.3 Å². The largest absolute Gasteiger partial charge is 0.494 e. The van der Waals surface area contributed by atoms with Crippen LogP contribution in [-0.2, 0) is 33.5 Å². The molecule has 12 amide bonds. The van der Waals surface area contributed by atoms with Crippen LogP contribution in [0.3, 0.4) is 0 Å². The van der Waals surface area contributed by atoms with Gasteiger partial charge in [-0.05, 0) is 87.0 Å². The number of hydrogen-bond acceptors (Lipinski definition) is 27. The summed E-state index contributed by atoms with van der Waals surface area (Å²) < 4.78 is 16.4. The molecule has 6 heterocycles. The van der Waals surface area contributed by atoms with Crippen LogP contribution in [0.15, 0.2) is 122 Å². The van der Waals surface area contributed by atoms with Crippen molar-refractivity contribution in [2.75, 3.05) is 108 Å². The maximum Gasteiger partial charge on any atom is 0.287 e. The van der Waals surface area contributed by atoms with Crippen molar-refractivity contribution in [3.63, 3.8) is 0 Å². The Bertz CT molecular complexity index is 5390. The number of unbranched alkanes of at least 4 members (excludes halogenated alkanes) is 2.